The molecule has 0 amide bonds. The van der Waals surface area contributed by atoms with Gasteiger partial charge in [0, 0.05) is 20.9 Å². The summed E-state index contributed by atoms with van der Waals surface area (Å²) >= 11 is 3.25. The van der Waals surface area contributed by atoms with E-state index in [0.29, 0.717) is 0 Å². The second kappa shape index (κ2) is 7.02. The van der Waals surface area contributed by atoms with Gasteiger partial charge in [-0.05, 0) is 47.9 Å². The predicted octanol–water partition coefficient (Wildman–Crippen LogP) is 6.99. The van der Waals surface area contributed by atoms with Gasteiger partial charge in [-0.2, -0.15) is 0 Å². The van der Waals surface area contributed by atoms with Gasteiger partial charge in [0.15, 0.2) is 5.78 Å². The van der Waals surface area contributed by atoms with Crippen molar-refractivity contribution >= 4 is 28.5 Å². The topological polar surface area (TPSA) is 17.1 Å². The Balaban J connectivity index is 1.78. The highest BCUT2D eigenvalue weighted by Gasteiger charge is 2.20. The van der Waals surface area contributed by atoms with Gasteiger partial charge < -0.3 is 0 Å². The average Bonchev–Trinajstić information content (AvgIpc) is 3.31. The molecule has 2 aromatic heterocycles. The lowest BCUT2D eigenvalue weighted by Gasteiger charge is -2.07. The third kappa shape index (κ3) is 3.16. The first-order valence-corrected chi connectivity index (χ1v) is 10.2. The number of aryl methyl sites for hydroxylation is 2. The van der Waals surface area contributed by atoms with Gasteiger partial charge in [-0.25, -0.2) is 0 Å². The number of ketones is 1. The zero-order valence-electron chi connectivity index (χ0n) is 14.7. The number of hydrogen-bond donors (Lipinski definition) is 0. The molecule has 0 aliphatic carbocycles. The van der Waals surface area contributed by atoms with E-state index in [0.717, 1.165) is 32.0 Å². The first-order chi connectivity index (χ1) is 12.6. The van der Waals surface area contributed by atoms with Crippen molar-refractivity contribution in [2.24, 2.45) is 0 Å². The van der Waals surface area contributed by atoms with E-state index in [-0.39, 0.29) is 5.78 Å². The Kier molecular flexibility index (Phi) is 4.58. The normalized spacial score (nSPS) is 10.8. The first kappa shape index (κ1) is 17.0. The van der Waals surface area contributed by atoms with Crippen LogP contribution in [0, 0.1) is 13.8 Å². The van der Waals surface area contributed by atoms with Gasteiger partial charge in [0.2, 0.25) is 0 Å². The number of hydrogen-bond acceptors (Lipinski definition) is 3. The summed E-state index contributed by atoms with van der Waals surface area (Å²) in [5, 5.41) is 4.01. The highest BCUT2D eigenvalue weighted by molar-refractivity contribution is 7.14. The van der Waals surface area contributed by atoms with Crippen molar-refractivity contribution in [3.8, 4) is 20.9 Å². The van der Waals surface area contributed by atoms with Crippen molar-refractivity contribution in [3.05, 3.63) is 93.7 Å². The maximum atomic E-state index is 13.3. The third-order valence-electron chi connectivity index (χ3n) is 4.38. The lowest BCUT2D eigenvalue weighted by molar-refractivity contribution is 0.104. The molecular formula is C23H18OS2. The minimum atomic E-state index is 0.0977. The molecule has 0 spiro atoms. The van der Waals surface area contributed by atoms with E-state index in [9.17, 15) is 4.79 Å². The van der Waals surface area contributed by atoms with Crippen LogP contribution in [0.3, 0.4) is 0 Å². The van der Waals surface area contributed by atoms with Gasteiger partial charge in [-0.1, -0.05) is 59.7 Å². The van der Waals surface area contributed by atoms with E-state index in [2.05, 4.69) is 50.2 Å². The SMILES string of the molecule is Cc1cccc(-c2sccc2C(=O)c2ccsc2-c2cccc(C)c2)c1. The van der Waals surface area contributed by atoms with Crippen LogP contribution in [0.25, 0.3) is 20.9 Å². The molecule has 0 unspecified atom stereocenters. The van der Waals surface area contributed by atoms with Crippen LogP contribution in [0.2, 0.25) is 0 Å². The van der Waals surface area contributed by atoms with E-state index in [1.54, 1.807) is 22.7 Å². The lowest BCUT2D eigenvalue weighted by atomic mass is 9.98. The third-order valence-corrected chi connectivity index (χ3v) is 6.31. The Morgan fingerprint density at radius 1 is 0.692 bits per heavy atom. The second-order valence-electron chi connectivity index (χ2n) is 6.39. The fraction of sp³-hybridized carbons (Fsp3) is 0.0870. The Bertz CT molecular complexity index is 999. The number of rotatable bonds is 4. The fourth-order valence-corrected chi connectivity index (χ4v) is 4.92. The van der Waals surface area contributed by atoms with Crippen molar-refractivity contribution in [3.63, 3.8) is 0 Å². The summed E-state index contributed by atoms with van der Waals surface area (Å²) in [6.07, 6.45) is 0. The van der Waals surface area contributed by atoms with Crippen LogP contribution in [0.15, 0.2) is 71.4 Å². The van der Waals surface area contributed by atoms with Crippen LogP contribution in [0.1, 0.15) is 27.0 Å². The molecule has 1 nitrogen and oxygen atoms in total. The first-order valence-electron chi connectivity index (χ1n) is 8.47. The lowest BCUT2D eigenvalue weighted by Crippen LogP contribution is -2.01. The zero-order chi connectivity index (χ0) is 18.1. The molecule has 0 radical (unpaired) electrons. The fourth-order valence-electron chi connectivity index (χ4n) is 3.14. The average molecular weight is 375 g/mol. The molecular weight excluding hydrogens is 356 g/mol. The smallest absolute Gasteiger partial charge is 0.195 e. The zero-order valence-corrected chi connectivity index (χ0v) is 16.3. The van der Waals surface area contributed by atoms with Crippen molar-refractivity contribution in [1.29, 1.82) is 0 Å². The summed E-state index contributed by atoms with van der Waals surface area (Å²) < 4.78 is 0. The van der Waals surface area contributed by atoms with Crippen molar-refractivity contribution in [2.45, 2.75) is 13.8 Å². The molecule has 0 N–H and O–H groups in total. The van der Waals surface area contributed by atoms with E-state index in [1.165, 1.54) is 11.1 Å². The van der Waals surface area contributed by atoms with Crippen LogP contribution < -0.4 is 0 Å². The predicted molar refractivity (Wildman–Crippen MR) is 112 cm³/mol. The van der Waals surface area contributed by atoms with Crippen LogP contribution in [-0.4, -0.2) is 5.78 Å². The van der Waals surface area contributed by atoms with Gasteiger partial charge in [0.05, 0.1) is 0 Å². The van der Waals surface area contributed by atoms with Gasteiger partial charge >= 0.3 is 0 Å². The maximum absolute atomic E-state index is 13.3. The molecule has 26 heavy (non-hydrogen) atoms. The summed E-state index contributed by atoms with van der Waals surface area (Å²) in [6.45, 7) is 4.15. The summed E-state index contributed by atoms with van der Waals surface area (Å²) in [4.78, 5) is 15.4. The van der Waals surface area contributed by atoms with Gasteiger partial charge in [-0.15, -0.1) is 22.7 Å². The van der Waals surface area contributed by atoms with Gasteiger partial charge in [-0.3, -0.25) is 4.79 Å². The second-order valence-corrected chi connectivity index (χ2v) is 8.23. The minimum absolute atomic E-state index is 0.0977. The Morgan fingerprint density at radius 3 is 1.58 bits per heavy atom. The van der Waals surface area contributed by atoms with E-state index in [4.69, 9.17) is 0 Å². The van der Waals surface area contributed by atoms with E-state index >= 15 is 0 Å². The number of carbonyl (C=O) groups excluding carboxylic acids is 1. The molecule has 0 aliphatic heterocycles. The molecule has 0 saturated carbocycles. The number of carbonyl (C=O) groups is 1. The quantitative estimate of drug-likeness (QED) is 0.352. The molecule has 4 aromatic rings. The molecule has 0 bridgehead atoms. The molecule has 128 valence electrons. The van der Waals surface area contributed by atoms with E-state index in [1.807, 2.05) is 35.0 Å². The van der Waals surface area contributed by atoms with E-state index < -0.39 is 0 Å². The van der Waals surface area contributed by atoms with Gasteiger partial charge in [0.1, 0.15) is 0 Å². The standard InChI is InChI=1S/C23H18OS2/c1-15-5-3-7-17(13-15)22-19(9-11-25-22)21(24)20-10-12-26-23(20)18-8-4-6-16(2)14-18/h3-14H,1-2H3. The molecule has 0 aliphatic rings. The number of benzene rings is 2. The largest absolute Gasteiger partial charge is 0.289 e. The molecule has 2 aromatic carbocycles. The van der Waals surface area contributed by atoms with Crippen LogP contribution in [-0.2, 0) is 0 Å². The summed E-state index contributed by atoms with van der Waals surface area (Å²) in [7, 11) is 0. The monoisotopic (exact) mass is 374 g/mol. The molecule has 2 heterocycles. The summed E-state index contributed by atoms with van der Waals surface area (Å²) in [5.41, 5.74) is 6.18. The molecule has 0 saturated heterocycles. The van der Waals surface area contributed by atoms with Crippen LogP contribution in [0.4, 0.5) is 0 Å². The van der Waals surface area contributed by atoms with Crippen molar-refractivity contribution < 1.29 is 4.79 Å². The maximum Gasteiger partial charge on any atom is 0.195 e. The summed E-state index contributed by atoms with van der Waals surface area (Å²) in [6, 6.07) is 20.6. The van der Waals surface area contributed by atoms with Crippen molar-refractivity contribution in [2.75, 3.05) is 0 Å². The molecule has 3 heteroatoms. The Hall–Kier alpha value is -2.49. The highest BCUT2D eigenvalue weighted by atomic mass is 32.1. The van der Waals surface area contributed by atoms with Crippen LogP contribution >= 0.6 is 22.7 Å². The highest BCUT2D eigenvalue weighted by Crippen LogP contribution is 2.36. The minimum Gasteiger partial charge on any atom is -0.289 e. The molecule has 0 fully saturated rings. The molecule has 4 rings (SSSR count). The Morgan fingerprint density at radius 2 is 1.15 bits per heavy atom. The number of thiophene rings is 2. The summed E-state index contributed by atoms with van der Waals surface area (Å²) in [5.74, 6) is 0.0977. The molecule has 0 atom stereocenters. The van der Waals surface area contributed by atoms with Gasteiger partial charge in [0.25, 0.3) is 0 Å². The van der Waals surface area contributed by atoms with Crippen LogP contribution in [0.5, 0.6) is 0 Å². The van der Waals surface area contributed by atoms with Crippen molar-refractivity contribution in [1.82, 2.24) is 0 Å². The Labute approximate surface area is 161 Å².